The molecule has 0 fully saturated rings. The molecular weight excluding hydrogens is 246 g/mol. The molecule has 0 radical (unpaired) electrons. The number of hydrogen-bond donors (Lipinski definition) is 1. The topological polar surface area (TPSA) is 39.2 Å². The lowest BCUT2D eigenvalue weighted by atomic mass is 10.0. The third-order valence-electron chi connectivity index (χ3n) is 3.65. The first-order valence-electron chi connectivity index (χ1n) is 6.59. The Morgan fingerprint density at radius 3 is 2.35 bits per heavy atom. The number of hydrogen-bond acceptors (Lipinski definition) is 2. The van der Waals surface area contributed by atoms with E-state index in [2.05, 4.69) is 18.2 Å². The molecule has 0 saturated carbocycles. The minimum atomic E-state index is 0.791. The number of rotatable bonds is 1. The lowest BCUT2D eigenvalue weighted by Crippen LogP contribution is -1.88. The molecule has 0 spiro atoms. The molecule has 1 heterocycles. The lowest BCUT2D eigenvalue weighted by molar-refractivity contribution is 0.669. The summed E-state index contributed by atoms with van der Waals surface area (Å²) in [4.78, 5) is 0. The van der Waals surface area contributed by atoms with Gasteiger partial charge in [-0.15, -0.1) is 0 Å². The van der Waals surface area contributed by atoms with Crippen LogP contribution in [0.15, 0.2) is 71.1 Å². The van der Waals surface area contributed by atoms with Crippen LogP contribution in [-0.2, 0) is 0 Å². The van der Waals surface area contributed by atoms with Crippen LogP contribution >= 0.6 is 0 Å². The fourth-order valence-electron chi connectivity index (χ4n) is 2.65. The van der Waals surface area contributed by atoms with E-state index in [0.717, 1.165) is 38.8 Å². The molecular formula is C18H13NO. The fraction of sp³-hybridized carbons (Fsp3) is 0. The Kier molecular flexibility index (Phi) is 2.30. The van der Waals surface area contributed by atoms with Crippen LogP contribution in [0.5, 0.6) is 0 Å². The molecule has 0 amide bonds. The summed E-state index contributed by atoms with van der Waals surface area (Å²) in [5, 5.41) is 2.26. The second kappa shape index (κ2) is 4.14. The van der Waals surface area contributed by atoms with Crippen molar-refractivity contribution < 1.29 is 4.42 Å². The number of anilines is 1. The molecule has 0 aliphatic rings. The molecule has 0 saturated heterocycles. The number of nitrogen functional groups attached to an aromatic ring is 1. The van der Waals surface area contributed by atoms with Crippen molar-refractivity contribution in [2.45, 2.75) is 0 Å². The first-order valence-corrected chi connectivity index (χ1v) is 6.59. The summed E-state index contributed by atoms with van der Waals surface area (Å²) in [5.74, 6) is 0. The molecule has 2 heteroatoms. The Labute approximate surface area is 116 Å². The van der Waals surface area contributed by atoms with E-state index < -0.39 is 0 Å². The van der Waals surface area contributed by atoms with Crippen molar-refractivity contribution in [3.63, 3.8) is 0 Å². The minimum Gasteiger partial charge on any atom is -0.456 e. The van der Waals surface area contributed by atoms with E-state index in [1.54, 1.807) is 0 Å². The molecule has 1 aromatic heterocycles. The van der Waals surface area contributed by atoms with E-state index in [0.29, 0.717) is 0 Å². The Morgan fingerprint density at radius 2 is 1.45 bits per heavy atom. The van der Waals surface area contributed by atoms with Gasteiger partial charge in [-0.25, -0.2) is 0 Å². The zero-order chi connectivity index (χ0) is 13.5. The van der Waals surface area contributed by atoms with Crippen LogP contribution in [0.25, 0.3) is 33.1 Å². The molecule has 4 rings (SSSR count). The van der Waals surface area contributed by atoms with Crippen LogP contribution in [0.2, 0.25) is 0 Å². The number of furan rings is 1. The van der Waals surface area contributed by atoms with Crippen molar-refractivity contribution in [3.8, 4) is 11.1 Å². The minimum absolute atomic E-state index is 0.791. The maximum Gasteiger partial charge on any atom is 0.135 e. The van der Waals surface area contributed by atoms with Crippen molar-refractivity contribution in [3.05, 3.63) is 66.7 Å². The van der Waals surface area contributed by atoms with Crippen LogP contribution in [0.4, 0.5) is 5.69 Å². The molecule has 4 aromatic rings. The molecule has 96 valence electrons. The first kappa shape index (κ1) is 11.1. The maximum absolute atomic E-state index is 6.06. The van der Waals surface area contributed by atoms with Gasteiger partial charge in [0.05, 0.1) is 0 Å². The standard InChI is InChI=1S/C18H13NO/c19-16-7-3-1-5-13(16)12-9-10-18-15(11-12)14-6-2-4-8-17(14)20-18/h1-11H,19H2. The lowest BCUT2D eigenvalue weighted by Gasteiger charge is -2.05. The third kappa shape index (κ3) is 1.58. The van der Waals surface area contributed by atoms with Gasteiger partial charge in [0, 0.05) is 22.0 Å². The number of para-hydroxylation sites is 2. The molecule has 0 bridgehead atoms. The number of benzene rings is 3. The van der Waals surface area contributed by atoms with Gasteiger partial charge in [-0.2, -0.15) is 0 Å². The van der Waals surface area contributed by atoms with Gasteiger partial charge in [0.15, 0.2) is 0 Å². The van der Waals surface area contributed by atoms with Crippen LogP contribution in [0, 0.1) is 0 Å². The number of fused-ring (bicyclic) bond motifs is 3. The Bertz CT molecular complexity index is 921. The normalized spacial score (nSPS) is 11.2. The zero-order valence-corrected chi connectivity index (χ0v) is 10.8. The molecule has 0 aliphatic carbocycles. The summed E-state index contributed by atoms with van der Waals surface area (Å²) >= 11 is 0. The van der Waals surface area contributed by atoms with Crippen LogP contribution in [0.1, 0.15) is 0 Å². The van der Waals surface area contributed by atoms with E-state index >= 15 is 0 Å². The quantitative estimate of drug-likeness (QED) is 0.497. The smallest absolute Gasteiger partial charge is 0.135 e. The van der Waals surface area contributed by atoms with E-state index in [9.17, 15) is 0 Å². The Hall–Kier alpha value is -2.74. The monoisotopic (exact) mass is 259 g/mol. The van der Waals surface area contributed by atoms with Crippen LogP contribution in [0.3, 0.4) is 0 Å². The highest BCUT2D eigenvalue weighted by Crippen LogP contribution is 2.33. The maximum atomic E-state index is 6.06. The molecule has 20 heavy (non-hydrogen) atoms. The van der Waals surface area contributed by atoms with E-state index in [4.69, 9.17) is 10.2 Å². The average molecular weight is 259 g/mol. The molecule has 2 N–H and O–H groups in total. The van der Waals surface area contributed by atoms with Gasteiger partial charge in [-0.05, 0) is 29.8 Å². The average Bonchev–Trinajstić information content (AvgIpc) is 2.85. The van der Waals surface area contributed by atoms with Crippen molar-refractivity contribution in [1.29, 1.82) is 0 Å². The summed E-state index contributed by atoms with van der Waals surface area (Å²) in [6, 6.07) is 22.2. The van der Waals surface area contributed by atoms with E-state index in [1.165, 1.54) is 0 Å². The van der Waals surface area contributed by atoms with Gasteiger partial charge in [0.2, 0.25) is 0 Å². The SMILES string of the molecule is Nc1ccccc1-c1ccc2oc3ccccc3c2c1. The molecule has 2 nitrogen and oxygen atoms in total. The summed E-state index contributed by atoms with van der Waals surface area (Å²) in [7, 11) is 0. The van der Waals surface area contributed by atoms with Crippen LogP contribution in [-0.4, -0.2) is 0 Å². The summed E-state index contributed by atoms with van der Waals surface area (Å²) in [5.41, 5.74) is 10.8. The van der Waals surface area contributed by atoms with Gasteiger partial charge in [0.1, 0.15) is 11.2 Å². The van der Waals surface area contributed by atoms with Gasteiger partial charge in [-0.3, -0.25) is 0 Å². The Morgan fingerprint density at radius 1 is 0.700 bits per heavy atom. The molecule has 0 unspecified atom stereocenters. The second-order valence-electron chi connectivity index (χ2n) is 4.90. The van der Waals surface area contributed by atoms with E-state index in [-0.39, 0.29) is 0 Å². The van der Waals surface area contributed by atoms with Gasteiger partial charge in [-0.1, -0.05) is 42.5 Å². The second-order valence-corrected chi connectivity index (χ2v) is 4.90. The fourth-order valence-corrected chi connectivity index (χ4v) is 2.65. The van der Waals surface area contributed by atoms with Gasteiger partial charge in [0.25, 0.3) is 0 Å². The van der Waals surface area contributed by atoms with Crippen LogP contribution < -0.4 is 5.73 Å². The summed E-state index contributed by atoms with van der Waals surface area (Å²) in [6.07, 6.45) is 0. The third-order valence-corrected chi connectivity index (χ3v) is 3.65. The predicted molar refractivity (Wildman–Crippen MR) is 83.6 cm³/mol. The first-order chi connectivity index (χ1) is 9.83. The molecule has 3 aromatic carbocycles. The molecule has 0 aliphatic heterocycles. The highest BCUT2D eigenvalue weighted by molar-refractivity contribution is 6.06. The van der Waals surface area contributed by atoms with Crippen molar-refractivity contribution in [1.82, 2.24) is 0 Å². The summed E-state index contributed by atoms with van der Waals surface area (Å²) in [6.45, 7) is 0. The number of nitrogens with two attached hydrogens (primary N) is 1. The van der Waals surface area contributed by atoms with Crippen molar-refractivity contribution in [2.24, 2.45) is 0 Å². The van der Waals surface area contributed by atoms with Crippen molar-refractivity contribution in [2.75, 3.05) is 5.73 Å². The highest BCUT2D eigenvalue weighted by atomic mass is 16.3. The van der Waals surface area contributed by atoms with E-state index in [1.807, 2.05) is 48.5 Å². The van der Waals surface area contributed by atoms with Gasteiger partial charge >= 0.3 is 0 Å². The highest BCUT2D eigenvalue weighted by Gasteiger charge is 2.08. The zero-order valence-electron chi connectivity index (χ0n) is 10.8. The predicted octanol–water partition coefficient (Wildman–Crippen LogP) is 4.84. The van der Waals surface area contributed by atoms with Gasteiger partial charge < -0.3 is 10.2 Å². The largest absolute Gasteiger partial charge is 0.456 e. The Balaban J connectivity index is 2.03. The molecule has 0 atom stereocenters. The van der Waals surface area contributed by atoms with Crippen molar-refractivity contribution >= 4 is 27.6 Å². The summed E-state index contributed by atoms with van der Waals surface area (Å²) < 4.78 is 5.84.